The molecule has 0 atom stereocenters. The summed E-state index contributed by atoms with van der Waals surface area (Å²) in [7, 11) is 1.36. The standard InChI is InChI=1S/C12H16N2O2/c1-16-12(15)11-7-10(13-8-14-11)6-9-4-2-3-5-9/h7-9H,2-6H2,1H3. The van der Waals surface area contributed by atoms with Crippen molar-refractivity contribution in [3.63, 3.8) is 0 Å². The van der Waals surface area contributed by atoms with Gasteiger partial charge < -0.3 is 4.74 Å². The van der Waals surface area contributed by atoms with E-state index in [4.69, 9.17) is 0 Å². The van der Waals surface area contributed by atoms with Gasteiger partial charge in [-0.15, -0.1) is 0 Å². The van der Waals surface area contributed by atoms with Crippen molar-refractivity contribution >= 4 is 5.97 Å². The van der Waals surface area contributed by atoms with Crippen LogP contribution in [0.1, 0.15) is 41.9 Å². The minimum atomic E-state index is -0.393. The maximum absolute atomic E-state index is 11.3. The molecule has 2 rings (SSSR count). The van der Waals surface area contributed by atoms with Crippen molar-refractivity contribution in [2.45, 2.75) is 32.1 Å². The van der Waals surface area contributed by atoms with Crippen LogP contribution in [-0.4, -0.2) is 23.0 Å². The van der Waals surface area contributed by atoms with Crippen LogP contribution in [0.2, 0.25) is 0 Å². The second kappa shape index (κ2) is 5.05. The molecular formula is C12H16N2O2. The lowest BCUT2D eigenvalue weighted by atomic mass is 10.0. The molecule has 1 saturated carbocycles. The normalized spacial score (nSPS) is 16.3. The Morgan fingerprint density at radius 1 is 1.44 bits per heavy atom. The van der Waals surface area contributed by atoms with Crippen molar-refractivity contribution < 1.29 is 9.53 Å². The van der Waals surface area contributed by atoms with E-state index in [2.05, 4.69) is 14.7 Å². The number of aromatic nitrogens is 2. The zero-order valence-electron chi connectivity index (χ0n) is 9.48. The molecule has 1 fully saturated rings. The van der Waals surface area contributed by atoms with E-state index in [9.17, 15) is 4.79 Å². The Morgan fingerprint density at radius 3 is 2.88 bits per heavy atom. The maximum Gasteiger partial charge on any atom is 0.356 e. The lowest BCUT2D eigenvalue weighted by Crippen LogP contribution is -2.08. The fourth-order valence-electron chi connectivity index (χ4n) is 2.24. The quantitative estimate of drug-likeness (QED) is 0.731. The largest absolute Gasteiger partial charge is 0.464 e. The molecule has 0 amide bonds. The van der Waals surface area contributed by atoms with Gasteiger partial charge in [0.1, 0.15) is 6.33 Å². The Balaban J connectivity index is 2.06. The molecule has 4 heteroatoms. The lowest BCUT2D eigenvalue weighted by molar-refractivity contribution is 0.0593. The van der Waals surface area contributed by atoms with Gasteiger partial charge in [-0.3, -0.25) is 0 Å². The third kappa shape index (κ3) is 2.56. The van der Waals surface area contributed by atoms with Crippen LogP contribution in [0.4, 0.5) is 0 Å². The monoisotopic (exact) mass is 220 g/mol. The first kappa shape index (κ1) is 11.0. The van der Waals surface area contributed by atoms with Crippen LogP contribution < -0.4 is 0 Å². The van der Waals surface area contributed by atoms with Gasteiger partial charge in [-0.25, -0.2) is 14.8 Å². The highest BCUT2D eigenvalue weighted by atomic mass is 16.5. The van der Waals surface area contributed by atoms with Gasteiger partial charge in [0, 0.05) is 5.69 Å². The van der Waals surface area contributed by atoms with Crippen LogP contribution in [0, 0.1) is 5.92 Å². The molecule has 0 saturated heterocycles. The van der Waals surface area contributed by atoms with Gasteiger partial charge in [-0.05, 0) is 18.4 Å². The van der Waals surface area contributed by atoms with E-state index in [1.165, 1.54) is 39.1 Å². The molecule has 0 spiro atoms. The molecule has 1 aliphatic carbocycles. The van der Waals surface area contributed by atoms with Crippen LogP contribution in [0.3, 0.4) is 0 Å². The fraction of sp³-hybridized carbons (Fsp3) is 0.583. The highest BCUT2D eigenvalue weighted by Gasteiger charge is 2.17. The van der Waals surface area contributed by atoms with E-state index < -0.39 is 5.97 Å². The summed E-state index contributed by atoms with van der Waals surface area (Å²) in [4.78, 5) is 19.4. The molecule has 0 N–H and O–H groups in total. The third-order valence-electron chi connectivity index (χ3n) is 3.09. The van der Waals surface area contributed by atoms with Crippen LogP contribution in [0.15, 0.2) is 12.4 Å². The van der Waals surface area contributed by atoms with Gasteiger partial charge in [0.2, 0.25) is 0 Å². The van der Waals surface area contributed by atoms with Gasteiger partial charge in [0.15, 0.2) is 5.69 Å². The Kier molecular flexibility index (Phi) is 3.49. The third-order valence-corrected chi connectivity index (χ3v) is 3.09. The minimum Gasteiger partial charge on any atom is -0.464 e. The molecule has 86 valence electrons. The van der Waals surface area contributed by atoms with Crippen molar-refractivity contribution in [1.29, 1.82) is 0 Å². The highest BCUT2D eigenvalue weighted by Crippen LogP contribution is 2.27. The highest BCUT2D eigenvalue weighted by molar-refractivity contribution is 5.87. The number of hydrogen-bond acceptors (Lipinski definition) is 4. The number of carbonyl (C=O) groups excluding carboxylic acids is 1. The number of nitrogens with zero attached hydrogens (tertiary/aromatic N) is 2. The number of methoxy groups -OCH3 is 1. The summed E-state index contributed by atoms with van der Waals surface area (Å²) in [6.45, 7) is 0. The number of rotatable bonds is 3. The molecule has 1 aromatic rings. The van der Waals surface area contributed by atoms with Crippen LogP contribution in [0.5, 0.6) is 0 Å². The predicted octanol–water partition coefficient (Wildman–Crippen LogP) is 2.00. The van der Waals surface area contributed by atoms with Crippen LogP contribution in [-0.2, 0) is 11.2 Å². The lowest BCUT2D eigenvalue weighted by Gasteiger charge is -2.08. The average molecular weight is 220 g/mol. The second-order valence-electron chi connectivity index (χ2n) is 4.24. The van der Waals surface area contributed by atoms with E-state index >= 15 is 0 Å². The molecule has 0 bridgehead atoms. The topological polar surface area (TPSA) is 52.1 Å². The van der Waals surface area contributed by atoms with Crippen molar-refractivity contribution in [1.82, 2.24) is 9.97 Å². The summed E-state index contributed by atoms with van der Waals surface area (Å²) in [6.07, 6.45) is 7.58. The number of carbonyl (C=O) groups is 1. The van der Waals surface area contributed by atoms with Gasteiger partial charge in [0.05, 0.1) is 7.11 Å². The minimum absolute atomic E-state index is 0.352. The zero-order chi connectivity index (χ0) is 11.4. The smallest absolute Gasteiger partial charge is 0.356 e. The first-order valence-corrected chi connectivity index (χ1v) is 5.69. The molecule has 16 heavy (non-hydrogen) atoms. The number of esters is 1. The van der Waals surface area contributed by atoms with E-state index in [0.29, 0.717) is 5.69 Å². The van der Waals surface area contributed by atoms with Crippen LogP contribution >= 0.6 is 0 Å². The Labute approximate surface area is 95.1 Å². The van der Waals surface area contributed by atoms with Gasteiger partial charge in [-0.1, -0.05) is 25.7 Å². The Morgan fingerprint density at radius 2 is 2.19 bits per heavy atom. The summed E-state index contributed by atoms with van der Waals surface area (Å²) >= 11 is 0. The summed E-state index contributed by atoms with van der Waals surface area (Å²) in [5, 5.41) is 0. The summed E-state index contributed by atoms with van der Waals surface area (Å²) in [5.41, 5.74) is 1.30. The molecule has 1 heterocycles. The molecule has 0 aromatic carbocycles. The Hall–Kier alpha value is -1.45. The van der Waals surface area contributed by atoms with Crippen molar-refractivity contribution in [2.24, 2.45) is 5.92 Å². The maximum atomic E-state index is 11.3. The van der Waals surface area contributed by atoms with E-state index in [1.54, 1.807) is 6.07 Å². The van der Waals surface area contributed by atoms with Crippen molar-refractivity contribution in [2.75, 3.05) is 7.11 Å². The zero-order valence-corrected chi connectivity index (χ0v) is 9.48. The second-order valence-corrected chi connectivity index (χ2v) is 4.24. The number of ether oxygens (including phenoxy) is 1. The average Bonchev–Trinajstić information content (AvgIpc) is 2.81. The summed E-state index contributed by atoms with van der Waals surface area (Å²) < 4.78 is 4.63. The van der Waals surface area contributed by atoms with Crippen LogP contribution in [0.25, 0.3) is 0 Å². The van der Waals surface area contributed by atoms with Gasteiger partial charge >= 0.3 is 5.97 Å². The molecule has 4 nitrogen and oxygen atoms in total. The van der Waals surface area contributed by atoms with E-state index in [0.717, 1.165) is 18.0 Å². The molecular weight excluding hydrogens is 204 g/mol. The molecule has 0 radical (unpaired) electrons. The molecule has 0 aliphatic heterocycles. The van der Waals surface area contributed by atoms with E-state index in [-0.39, 0.29) is 0 Å². The molecule has 1 aromatic heterocycles. The van der Waals surface area contributed by atoms with Gasteiger partial charge in [-0.2, -0.15) is 0 Å². The predicted molar refractivity (Wildman–Crippen MR) is 59.0 cm³/mol. The first-order chi connectivity index (χ1) is 7.79. The summed E-state index contributed by atoms with van der Waals surface area (Å²) in [6, 6.07) is 1.74. The molecule has 1 aliphatic rings. The molecule has 0 unspecified atom stereocenters. The summed E-state index contributed by atoms with van der Waals surface area (Å²) in [5.74, 6) is 0.329. The van der Waals surface area contributed by atoms with Crippen molar-refractivity contribution in [3.05, 3.63) is 23.8 Å². The van der Waals surface area contributed by atoms with E-state index in [1.807, 2.05) is 0 Å². The number of hydrogen-bond donors (Lipinski definition) is 0. The SMILES string of the molecule is COC(=O)c1cc(CC2CCCC2)ncn1. The van der Waals surface area contributed by atoms with Gasteiger partial charge in [0.25, 0.3) is 0 Å². The Bertz CT molecular complexity index is 373. The first-order valence-electron chi connectivity index (χ1n) is 5.69. The van der Waals surface area contributed by atoms with Crippen molar-refractivity contribution in [3.8, 4) is 0 Å². The fourth-order valence-corrected chi connectivity index (χ4v) is 2.24.